The minimum absolute atomic E-state index is 0.899. The largest absolute Gasteiger partial charge is 0.394 e. The molecular weight excluding hydrogens is 296 g/mol. The molecule has 0 aromatic heterocycles. The number of hydrogen-bond acceptors (Lipinski definition) is 10. The Balaban J connectivity index is 3.43. The van der Waals surface area contributed by atoms with E-state index in [1.165, 1.54) is 24.3 Å². The van der Waals surface area contributed by atoms with Crippen molar-refractivity contribution in [1.82, 2.24) is 0 Å². The highest BCUT2D eigenvalue weighted by Gasteiger charge is 2.63. The van der Waals surface area contributed by atoms with Crippen molar-refractivity contribution in [2.45, 2.75) is 30.2 Å². The Kier molecular flexibility index (Phi) is 5.03. The fourth-order valence-corrected chi connectivity index (χ4v) is 2.19. The van der Waals surface area contributed by atoms with Gasteiger partial charge in [-0.1, -0.05) is 0 Å². The molecule has 0 saturated carbocycles. The van der Waals surface area contributed by atoms with Gasteiger partial charge in [0.25, 0.3) is 0 Å². The van der Waals surface area contributed by atoms with Crippen molar-refractivity contribution in [2.75, 3.05) is 6.61 Å². The quantitative estimate of drug-likeness (QED) is 0.353. The summed E-state index contributed by atoms with van der Waals surface area (Å²) in [7, 11) is 0. The van der Waals surface area contributed by atoms with E-state index in [9.17, 15) is 20.4 Å². The topological polar surface area (TPSA) is 206 Å². The summed E-state index contributed by atoms with van der Waals surface area (Å²) in [5.41, 5.74) is -2.70. The van der Waals surface area contributed by atoms with Gasteiger partial charge in [-0.2, -0.15) is 21.0 Å². The minimum atomic E-state index is -3.03. The summed E-state index contributed by atoms with van der Waals surface area (Å²) in [5.74, 6) is -5.23. The molecule has 1 fully saturated rings. The Morgan fingerprint density at radius 1 is 1.05 bits per heavy atom. The SMILES string of the molecule is N#CC(C(C#N)(C#N)C#N)C1(O)O[C@H](CO)[C@@H](O)[C@H](O)[C@H]1O. The first-order chi connectivity index (χ1) is 10.3. The van der Waals surface area contributed by atoms with Crippen LogP contribution in [0.3, 0.4) is 0 Å². The molecule has 0 radical (unpaired) electrons. The molecule has 0 aromatic rings. The van der Waals surface area contributed by atoms with Crippen LogP contribution in [-0.4, -0.2) is 62.3 Å². The first kappa shape index (κ1) is 17.8. The van der Waals surface area contributed by atoms with E-state index >= 15 is 0 Å². The summed E-state index contributed by atoms with van der Waals surface area (Å²) in [6, 6.07) is 5.14. The fraction of sp³-hybridized carbons (Fsp3) is 0.667. The highest BCUT2D eigenvalue weighted by Crippen LogP contribution is 2.41. The van der Waals surface area contributed by atoms with Gasteiger partial charge in [-0.15, -0.1) is 0 Å². The molecule has 22 heavy (non-hydrogen) atoms. The predicted octanol–water partition coefficient (Wildman–Crippen LogP) is -3.15. The molecule has 0 bridgehead atoms. The number of ether oxygens (including phenoxy) is 1. The second-order valence-corrected chi connectivity index (χ2v) is 4.72. The fourth-order valence-electron chi connectivity index (χ4n) is 2.19. The third kappa shape index (κ3) is 2.37. The molecule has 6 atom stereocenters. The van der Waals surface area contributed by atoms with Crippen molar-refractivity contribution in [3.05, 3.63) is 0 Å². The van der Waals surface area contributed by atoms with Crippen LogP contribution in [-0.2, 0) is 4.74 Å². The summed E-state index contributed by atoms with van der Waals surface area (Å²) >= 11 is 0. The number of rotatable bonds is 3. The van der Waals surface area contributed by atoms with Crippen LogP contribution in [0.4, 0.5) is 0 Å². The maximum Gasteiger partial charge on any atom is 0.249 e. The maximum atomic E-state index is 10.4. The molecular formula is C12H12N4O6. The number of aliphatic hydroxyl groups is 5. The van der Waals surface area contributed by atoms with Gasteiger partial charge in [-0.3, -0.25) is 0 Å². The molecule has 2 unspecified atom stereocenters. The Morgan fingerprint density at radius 2 is 1.55 bits per heavy atom. The molecule has 1 aliphatic heterocycles. The molecule has 5 N–H and O–H groups in total. The molecule has 1 saturated heterocycles. The van der Waals surface area contributed by atoms with Gasteiger partial charge in [0.1, 0.15) is 48.5 Å². The maximum absolute atomic E-state index is 10.4. The van der Waals surface area contributed by atoms with Crippen LogP contribution in [0.15, 0.2) is 0 Å². The van der Waals surface area contributed by atoms with Crippen LogP contribution >= 0.6 is 0 Å². The Bertz CT molecular complexity index is 561. The van der Waals surface area contributed by atoms with Crippen LogP contribution in [0.5, 0.6) is 0 Å². The van der Waals surface area contributed by atoms with Crippen LogP contribution in [0.1, 0.15) is 0 Å². The van der Waals surface area contributed by atoms with E-state index in [1.54, 1.807) is 0 Å². The lowest BCUT2D eigenvalue weighted by Gasteiger charge is -2.47. The summed E-state index contributed by atoms with van der Waals surface area (Å²) < 4.78 is 4.85. The zero-order valence-electron chi connectivity index (χ0n) is 11.0. The standard InChI is InChI=1S/C12H12N4O6/c13-1-7(11(3-14,4-15)5-16)12(21)10(20)9(19)8(18)6(2-17)22-12/h6-10,17-21H,2H2/t6-,7?,8-,9+,10-,12?/m1/s1. The van der Waals surface area contributed by atoms with Crippen molar-refractivity contribution >= 4 is 0 Å². The zero-order valence-corrected chi connectivity index (χ0v) is 11.0. The second-order valence-electron chi connectivity index (χ2n) is 4.72. The van der Waals surface area contributed by atoms with Gasteiger partial charge in [0.05, 0.1) is 12.7 Å². The van der Waals surface area contributed by atoms with E-state index in [-0.39, 0.29) is 0 Å². The Labute approximate surface area is 124 Å². The van der Waals surface area contributed by atoms with Crippen molar-refractivity contribution in [3.63, 3.8) is 0 Å². The molecule has 0 aromatic carbocycles. The number of nitriles is 4. The molecule has 1 heterocycles. The molecule has 116 valence electrons. The molecule has 10 nitrogen and oxygen atoms in total. The Morgan fingerprint density at radius 3 is 1.91 bits per heavy atom. The van der Waals surface area contributed by atoms with Crippen molar-refractivity contribution < 1.29 is 30.3 Å². The van der Waals surface area contributed by atoms with Crippen LogP contribution in [0.2, 0.25) is 0 Å². The average Bonchev–Trinajstić information content (AvgIpc) is 2.54. The molecule has 1 rings (SSSR count). The second kappa shape index (κ2) is 6.23. The van der Waals surface area contributed by atoms with E-state index in [2.05, 4.69) is 0 Å². The lowest BCUT2D eigenvalue weighted by atomic mass is 9.71. The number of hydrogen-bond donors (Lipinski definition) is 5. The van der Waals surface area contributed by atoms with Gasteiger partial charge in [0, 0.05) is 0 Å². The van der Waals surface area contributed by atoms with Gasteiger partial charge in [0.15, 0.2) is 0 Å². The monoisotopic (exact) mass is 308 g/mol. The Hall–Kier alpha value is -2.28. The van der Waals surface area contributed by atoms with Gasteiger partial charge in [-0.25, -0.2) is 0 Å². The lowest BCUT2D eigenvalue weighted by molar-refractivity contribution is -0.365. The van der Waals surface area contributed by atoms with E-state index in [0.29, 0.717) is 0 Å². The van der Waals surface area contributed by atoms with E-state index in [1.807, 2.05) is 0 Å². The molecule has 0 amide bonds. The summed E-state index contributed by atoms with van der Waals surface area (Å²) in [6.45, 7) is -0.899. The molecule has 1 aliphatic rings. The smallest absolute Gasteiger partial charge is 0.249 e. The highest BCUT2D eigenvalue weighted by atomic mass is 16.7. The van der Waals surface area contributed by atoms with Crippen molar-refractivity contribution in [3.8, 4) is 24.3 Å². The van der Waals surface area contributed by atoms with E-state index in [0.717, 1.165) is 0 Å². The molecule has 0 spiro atoms. The zero-order chi connectivity index (χ0) is 17.1. The molecule has 0 aliphatic carbocycles. The number of aliphatic hydroxyl groups excluding tert-OH is 4. The van der Waals surface area contributed by atoms with Crippen LogP contribution in [0, 0.1) is 56.7 Å². The predicted molar refractivity (Wildman–Crippen MR) is 63.3 cm³/mol. The first-order valence-corrected chi connectivity index (χ1v) is 5.96. The van der Waals surface area contributed by atoms with Crippen molar-refractivity contribution in [1.29, 1.82) is 21.0 Å². The van der Waals surface area contributed by atoms with Gasteiger partial charge in [-0.05, 0) is 0 Å². The average molecular weight is 308 g/mol. The normalized spacial score (nSPS) is 36.2. The minimum Gasteiger partial charge on any atom is -0.394 e. The van der Waals surface area contributed by atoms with Gasteiger partial charge < -0.3 is 30.3 Å². The third-order valence-electron chi connectivity index (χ3n) is 3.50. The summed E-state index contributed by atoms with van der Waals surface area (Å²) in [6.07, 6.45) is -7.74. The van der Waals surface area contributed by atoms with Gasteiger partial charge >= 0.3 is 0 Å². The van der Waals surface area contributed by atoms with Crippen LogP contribution < -0.4 is 0 Å². The third-order valence-corrected chi connectivity index (χ3v) is 3.50. The first-order valence-electron chi connectivity index (χ1n) is 5.96. The summed E-state index contributed by atoms with van der Waals surface area (Å²) in [5, 5.41) is 84.7. The molecule has 10 heteroatoms. The lowest BCUT2D eigenvalue weighted by Crippen LogP contribution is -2.69. The van der Waals surface area contributed by atoms with Gasteiger partial charge in [0.2, 0.25) is 11.2 Å². The highest BCUT2D eigenvalue weighted by molar-refractivity contribution is 5.34. The van der Waals surface area contributed by atoms with Crippen molar-refractivity contribution in [2.24, 2.45) is 11.3 Å². The summed E-state index contributed by atoms with van der Waals surface area (Å²) in [4.78, 5) is 0. The van der Waals surface area contributed by atoms with E-state index in [4.69, 9.17) is 30.9 Å². The van der Waals surface area contributed by atoms with E-state index < -0.39 is 48.1 Å². The number of nitrogens with zero attached hydrogens (tertiary/aromatic N) is 4. The van der Waals surface area contributed by atoms with Crippen LogP contribution in [0.25, 0.3) is 0 Å².